The Morgan fingerprint density at radius 2 is 1.92 bits per heavy atom. The normalized spacial score (nSPS) is 16.4. The van der Waals surface area contributed by atoms with Gasteiger partial charge in [0.1, 0.15) is 0 Å². The molecule has 1 amide bonds. The van der Waals surface area contributed by atoms with Gasteiger partial charge in [0.15, 0.2) is 0 Å². The third-order valence-electron chi connectivity index (χ3n) is 6.57. The van der Waals surface area contributed by atoms with E-state index < -0.39 is 17.8 Å². The van der Waals surface area contributed by atoms with Gasteiger partial charge in [0.25, 0.3) is 0 Å². The molecule has 0 saturated carbocycles. The van der Waals surface area contributed by atoms with E-state index in [2.05, 4.69) is 15.1 Å². The van der Waals surface area contributed by atoms with Gasteiger partial charge in [0, 0.05) is 30.1 Å². The highest BCUT2D eigenvalue weighted by molar-refractivity contribution is 5.80. The van der Waals surface area contributed by atoms with Crippen LogP contribution in [0.3, 0.4) is 0 Å². The number of alkyl halides is 3. The van der Waals surface area contributed by atoms with Crippen LogP contribution in [0.25, 0.3) is 22.0 Å². The van der Waals surface area contributed by atoms with Crippen molar-refractivity contribution in [3.8, 4) is 11.1 Å². The first-order chi connectivity index (χ1) is 17.3. The number of aryl methyl sites for hydroxylation is 1. The van der Waals surface area contributed by atoms with E-state index in [1.807, 2.05) is 28.9 Å². The molecule has 4 aromatic rings. The Balaban J connectivity index is 1.44. The van der Waals surface area contributed by atoms with Gasteiger partial charge >= 0.3 is 6.18 Å². The lowest BCUT2D eigenvalue weighted by Crippen LogP contribution is -2.39. The molecule has 36 heavy (non-hydrogen) atoms. The lowest BCUT2D eigenvalue weighted by atomic mass is 9.93. The first-order valence-corrected chi connectivity index (χ1v) is 11.8. The van der Waals surface area contributed by atoms with Gasteiger partial charge in [-0.25, -0.2) is 9.97 Å². The number of carbonyl (C=O) groups is 1. The number of hydrogen-bond acceptors (Lipinski definition) is 5. The fraction of sp³-hybridized carbons (Fsp3) is 0.308. The van der Waals surface area contributed by atoms with Crippen LogP contribution in [0.5, 0.6) is 0 Å². The molecule has 0 aliphatic carbocycles. The summed E-state index contributed by atoms with van der Waals surface area (Å²) in [4.78, 5) is 23.6. The molecule has 0 radical (unpaired) electrons. The van der Waals surface area contributed by atoms with Crippen LogP contribution in [0.4, 0.5) is 19.1 Å². The number of likely N-dealkylation sites (tertiary alicyclic amines) is 1. The number of halogens is 3. The van der Waals surface area contributed by atoms with Gasteiger partial charge in [-0.15, -0.1) is 0 Å². The number of amides is 1. The highest BCUT2D eigenvalue weighted by atomic mass is 19.4. The molecule has 1 fully saturated rings. The molecule has 2 aromatic carbocycles. The Morgan fingerprint density at radius 1 is 1.08 bits per heavy atom. The van der Waals surface area contributed by atoms with E-state index in [0.717, 1.165) is 35.9 Å². The average Bonchev–Trinajstić information content (AvgIpc) is 3.30. The summed E-state index contributed by atoms with van der Waals surface area (Å²) in [5.74, 6) is -0.0480. The Kier molecular flexibility index (Phi) is 6.34. The maximum atomic E-state index is 13.4. The standard InChI is InChI=1S/C26H25F3N6O/c27-26(28,29)19-8-5-7-17(14-19)20-16-31-25(30)33-24(20)22-10-3-4-12-34(22)23(36)11-13-35-21-9-2-1-6-18(21)15-32-35/h1-2,5-9,14-16,22H,3-4,10-13H2,(H2,30,31,33). The molecule has 2 N–H and O–H groups in total. The minimum Gasteiger partial charge on any atom is -0.368 e. The molecular weight excluding hydrogens is 469 g/mol. The summed E-state index contributed by atoms with van der Waals surface area (Å²) in [5.41, 5.74) is 7.34. The lowest BCUT2D eigenvalue weighted by Gasteiger charge is -2.36. The number of benzene rings is 2. The molecule has 0 spiro atoms. The van der Waals surface area contributed by atoms with Crippen LogP contribution in [0.2, 0.25) is 0 Å². The minimum atomic E-state index is -4.48. The second-order valence-corrected chi connectivity index (χ2v) is 8.88. The fourth-order valence-corrected chi connectivity index (χ4v) is 4.81. The predicted molar refractivity (Wildman–Crippen MR) is 130 cm³/mol. The number of aromatic nitrogens is 4. The smallest absolute Gasteiger partial charge is 0.368 e. The van der Waals surface area contributed by atoms with Crippen LogP contribution >= 0.6 is 0 Å². The molecule has 1 atom stereocenters. The van der Waals surface area contributed by atoms with Gasteiger partial charge in [-0.3, -0.25) is 9.48 Å². The van der Waals surface area contributed by atoms with Crippen molar-refractivity contribution in [2.75, 3.05) is 12.3 Å². The number of piperidine rings is 1. The Hall–Kier alpha value is -3.95. The van der Waals surface area contributed by atoms with E-state index in [0.29, 0.717) is 36.3 Å². The van der Waals surface area contributed by atoms with Crippen LogP contribution in [-0.2, 0) is 17.5 Å². The van der Waals surface area contributed by atoms with Crippen molar-refractivity contribution < 1.29 is 18.0 Å². The van der Waals surface area contributed by atoms with Crippen molar-refractivity contribution in [1.82, 2.24) is 24.6 Å². The van der Waals surface area contributed by atoms with Crippen LogP contribution in [0, 0.1) is 0 Å². The SMILES string of the molecule is Nc1ncc(-c2cccc(C(F)(F)F)c2)c(C2CCCCN2C(=O)CCn2ncc3ccccc32)n1. The van der Waals surface area contributed by atoms with Crippen molar-refractivity contribution in [1.29, 1.82) is 0 Å². The third-order valence-corrected chi connectivity index (χ3v) is 6.57. The number of carbonyl (C=O) groups excluding carboxylic acids is 1. The molecule has 3 heterocycles. The number of fused-ring (bicyclic) bond motifs is 1. The van der Waals surface area contributed by atoms with Crippen LogP contribution in [0.1, 0.15) is 43.0 Å². The molecule has 1 saturated heterocycles. The summed E-state index contributed by atoms with van der Waals surface area (Å²) in [6.07, 6.45) is 1.32. The highest BCUT2D eigenvalue weighted by Crippen LogP contribution is 2.38. The number of anilines is 1. The molecule has 186 valence electrons. The summed E-state index contributed by atoms with van der Waals surface area (Å²) >= 11 is 0. The Morgan fingerprint density at radius 3 is 2.75 bits per heavy atom. The van der Waals surface area contributed by atoms with E-state index in [1.54, 1.807) is 17.2 Å². The molecular formula is C26H25F3N6O. The summed E-state index contributed by atoms with van der Waals surface area (Å²) in [6.45, 7) is 0.956. The van der Waals surface area contributed by atoms with E-state index in [1.165, 1.54) is 12.3 Å². The molecule has 0 bridgehead atoms. The zero-order valence-corrected chi connectivity index (χ0v) is 19.4. The van der Waals surface area contributed by atoms with Crippen molar-refractivity contribution in [2.45, 2.75) is 44.4 Å². The topological polar surface area (TPSA) is 89.9 Å². The van der Waals surface area contributed by atoms with Gasteiger partial charge in [-0.05, 0) is 43.0 Å². The number of para-hydroxylation sites is 1. The molecule has 10 heteroatoms. The number of nitrogen functional groups attached to an aromatic ring is 1. The Bertz CT molecular complexity index is 1400. The van der Waals surface area contributed by atoms with Gasteiger partial charge in [0.05, 0.1) is 35.6 Å². The molecule has 1 aliphatic rings. The summed E-state index contributed by atoms with van der Waals surface area (Å²) in [7, 11) is 0. The van der Waals surface area contributed by atoms with Gasteiger partial charge in [-0.1, -0.05) is 30.3 Å². The van der Waals surface area contributed by atoms with E-state index in [-0.39, 0.29) is 18.3 Å². The third kappa shape index (κ3) is 4.75. The maximum Gasteiger partial charge on any atom is 0.416 e. The molecule has 1 aliphatic heterocycles. The van der Waals surface area contributed by atoms with Crippen molar-refractivity contribution >= 4 is 22.8 Å². The van der Waals surface area contributed by atoms with Crippen LogP contribution in [-0.4, -0.2) is 37.1 Å². The average molecular weight is 495 g/mol. The van der Waals surface area contributed by atoms with Gasteiger partial charge in [-0.2, -0.15) is 18.3 Å². The summed E-state index contributed by atoms with van der Waals surface area (Å²) in [6, 6.07) is 12.4. The largest absolute Gasteiger partial charge is 0.416 e. The Labute approximate surface area is 205 Å². The highest BCUT2D eigenvalue weighted by Gasteiger charge is 2.33. The number of hydrogen-bond donors (Lipinski definition) is 1. The van der Waals surface area contributed by atoms with Crippen LogP contribution in [0.15, 0.2) is 60.9 Å². The zero-order chi connectivity index (χ0) is 25.3. The van der Waals surface area contributed by atoms with Gasteiger partial charge < -0.3 is 10.6 Å². The summed E-state index contributed by atoms with van der Waals surface area (Å²) < 4.78 is 41.9. The van der Waals surface area contributed by atoms with E-state index in [9.17, 15) is 18.0 Å². The molecule has 2 aromatic heterocycles. The number of nitrogens with zero attached hydrogens (tertiary/aromatic N) is 5. The second kappa shape index (κ2) is 9.60. The van der Waals surface area contributed by atoms with Gasteiger partial charge in [0.2, 0.25) is 11.9 Å². The zero-order valence-electron chi connectivity index (χ0n) is 19.4. The predicted octanol–water partition coefficient (Wildman–Crippen LogP) is 5.24. The molecule has 5 rings (SSSR count). The van der Waals surface area contributed by atoms with E-state index in [4.69, 9.17) is 5.73 Å². The maximum absolute atomic E-state index is 13.4. The van der Waals surface area contributed by atoms with Crippen LogP contribution < -0.4 is 5.73 Å². The monoisotopic (exact) mass is 494 g/mol. The van der Waals surface area contributed by atoms with Crippen molar-refractivity contribution in [3.05, 3.63) is 72.2 Å². The molecule has 1 unspecified atom stereocenters. The molecule has 7 nitrogen and oxygen atoms in total. The van der Waals surface area contributed by atoms with Crippen molar-refractivity contribution in [2.24, 2.45) is 0 Å². The first kappa shape index (κ1) is 23.8. The second-order valence-electron chi connectivity index (χ2n) is 8.88. The summed E-state index contributed by atoms with van der Waals surface area (Å²) in [5, 5.41) is 5.40. The number of nitrogens with two attached hydrogens (primary N) is 1. The minimum absolute atomic E-state index is 0.0155. The first-order valence-electron chi connectivity index (χ1n) is 11.8. The number of rotatable bonds is 5. The van der Waals surface area contributed by atoms with Crippen molar-refractivity contribution in [3.63, 3.8) is 0 Å². The van der Waals surface area contributed by atoms with E-state index >= 15 is 0 Å². The lowest BCUT2D eigenvalue weighted by molar-refractivity contribution is -0.137. The quantitative estimate of drug-likeness (QED) is 0.410. The fourth-order valence-electron chi connectivity index (χ4n) is 4.81.